The van der Waals surface area contributed by atoms with Gasteiger partial charge in [0.1, 0.15) is 11.6 Å². The third-order valence-electron chi connectivity index (χ3n) is 3.70. The Bertz CT molecular complexity index is 846. The molecule has 0 fully saturated rings. The van der Waals surface area contributed by atoms with Crippen molar-refractivity contribution in [2.45, 2.75) is 6.54 Å². The molecular weight excluding hydrogens is 376 g/mol. The highest BCUT2D eigenvalue weighted by molar-refractivity contribution is 5.91. The molecule has 0 bridgehead atoms. The Morgan fingerprint density at radius 1 is 0.964 bits per heavy atom. The van der Waals surface area contributed by atoms with Crippen molar-refractivity contribution in [3.63, 3.8) is 0 Å². The lowest BCUT2D eigenvalue weighted by molar-refractivity contribution is -0.124. The van der Waals surface area contributed by atoms with Gasteiger partial charge in [-0.15, -0.1) is 0 Å². The summed E-state index contributed by atoms with van der Waals surface area (Å²) in [6, 6.07) is 5.73. The molecule has 1 N–H and O–H groups in total. The fraction of sp³-hybridized carbons (Fsp3) is 0.263. The van der Waals surface area contributed by atoms with Crippen LogP contribution in [-0.4, -0.2) is 39.8 Å². The zero-order chi connectivity index (χ0) is 20.7. The Morgan fingerprint density at radius 2 is 1.61 bits per heavy atom. The summed E-state index contributed by atoms with van der Waals surface area (Å²) in [7, 11) is 4.40. The molecule has 0 atom stereocenters. The molecule has 0 aromatic heterocycles. The van der Waals surface area contributed by atoms with Gasteiger partial charge in [0.15, 0.2) is 18.1 Å². The molecule has 28 heavy (non-hydrogen) atoms. The maximum atomic E-state index is 13.5. The fourth-order valence-corrected chi connectivity index (χ4v) is 2.35. The van der Waals surface area contributed by atoms with Crippen LogP contribution in [-0.2, 0) is 16.1 Å². The van der Waals surface area contributed by atoms with Gasteiger partial charge in [0.2, 0.25) is 5.75 Å². The van der Waals surface area contributed by atoms with Crippen LogP contribution >= 0.6 is 0 Å². The van der Waals surface area contributed by atoms with Crippen LogP contribution in [0.1, 0.15) is 15.9 Å². The van der Waals surface area contributed by atoms with E-state index in [2.05, 4.69) is 5.32 Å². The molecule has 150 valence electrons. The second-order valence-electron chi connectivity index (χ2n) is 5.51. The van der Waals surface area contributed by atoms with E-state index in [4.69, 9.17) is 18.9 Å². The number of amides is 1. The zero-order valence-corrected chi connectivity index (χ0v) is 15.5. The smallest absolute Gasteiger partial charge is 0.341 e. The minimum atomic E-state index is -1.07. The van der Waals surface area contributed by atoms with Crippen LogP contribution in [0.3, 0.4) is 0 Å². The first-order chi connectivity index (χ1) is 13.4. The predicted octanol–water partition coefficient (Wildman–Crippen LogP) is 2.46. The quantitative estimate of drug-likeness (QED) is 0.692. The molecule has 9 heteroatoms. The molecule has 0 unspecified atom stereocenters. The van der Waals surface area contributed by atoms with Gasteiger partial charge in [-0.05, 0) is 29.8 Å². The van der Waals surface area contributed by atoms with Gasteiger partial charge < -0.3 is 24.3 Å². The third-order valence-corrected chi connectivity index (χ3v) is 3.70. The largest absolute Gasteiger partial charge is 0.493 e. The Labute approximate surface area is 160 Å². The summed E-state index contributed by atoms with van der Waals surface area (Å²) >= 11 is 0. The van der Waals surface area contributed by atoms with E-state index in [0.29, 0.717) is 28.9 Å². The van der Waals surface area contributed by atoms with Crippen LogP contribution in [0.2, 0.25) is 0 Å². The van der Waals surface area contributed by atoms with Gasteiger partial charge in [-0.1, -0.05) is 0 Å². The van der Waals surface area contributed by atoms with Crippen LogP contribution in [0, 0.1) is 11.6 Å². The molecule has 0 heterocycles. The van der Waals surface area contributed by atoms with E-state index in [9.17, 15) is 18.4 Å². The number of methoxy groups -OCH3 is 3. The first-order valence-electron chi connectivity index (χ1n) is 8.07. The molecule has 1 amide bonds. The van der Waals surface area contributed by atoms with E-state index in [-0.39, 0.29) is 6.54 Å². The van der Waals surface area contributed by atoms with Gasteiger partial charge in [-0.2, -0.15) is 0 Å². The monoisotopic (exact) mass is 395 g/mol. The number of hydrogen-bond donors (Lipinski definition) is 1. The normalized spacial score (nSPS) is 10.2. The second-order valence-corrected chi connectivity index (χ2v) is 5.51. The summed E-state index contributed by atoms with van der Waals surface area (Å²) in [6.07, 6.45) is 0. The molecule has 0 aliphatic rings. The highest BCUT2D eigenvalue weighted by atomic mass is 19.1. The van der Waals surface area contributed by atoms with Crippen LogP contribution in [0.4, 0.5) is 8.78 Å². The van der Waals surface area contributed by atoms with Gasteiger partial charge in [-0.3, -0.25) is 4.79 Å². The first kappa shape index (κ1) is 20.9. The zero-order valence-electron chi connectivity index (χ0n) is 15.5. The molecule has 0 saturated carbocycles. The number of carbonyl (C=O) groups excluding carboxylic acids is 2. The van der Waals surface area contributed by atoms with Crippen molar-refractivity contribution < 1.29 is 37.3 Å². The first-order valence-corrected chi connectivity index (χ1v) is 8.07. The Kier molecular flexibility index (Phi) is 7.14. The van der Waals surface area contributed by atoms with Gasteiger partial charge in [0, 0.05) is 12.6 Å². The van der Waals surface area contributed by atoms with E-state index in [1.807, 2.05) is 0 Å². The molecule has 0 spiro atoms. The maximum absolute atomic E-state index is 13.5. The summed E-state index contributed by atoms with van der Waals surface area (Å²) in [5, 5.41) is 2.55. The Morgan fingerprint density at radius 3 is 2.14 bits per heavy atom. The summed E-state index contributed by atoms with van der Waals surface area (Å²) in [4.78, 5) is 23.7. The highest BCUT2D eigenvalue weighted by Gasteiger charge is 2.16. The fourth-order valence-electron chi connectivity index (χ4n) is 2.35. The number of rotatable bonds is 8. The van der Waals surface area contributed by atoms with Crippen molar-refractivity contribution in [1.82, 2.24) is 5.32 Å². The number of hydrogen-bond acceptors (Lipinski definition) is 6. The van der Waals surface area contributed by atoms with Crippen LogP contribution in [0.5, 0.6) is 17.2 Å². The summed E-state index contributed by atoms with van der Waals surface area (Å²) in [6.45, 7) is -0.530. The van der Waals surface area contributed by atoms with Gasteiger partial charge in [0.05, 0.1) is 26.9 Å². The number of ether oxygens (including phenoxy) is 4. The molecule has 0 saturated heterocycles. The SMILES string of the molecule is COc1cc(CNC(=O)COC(=O)c2ccc(F)cc2F)cc(OC)c1OC. The maximum Gasteiger partial charge on any atom is 0.341 e. The standard InChI is InChI=1S/C19H19F2NO6/c1-25-15-6-11(7-16(26-2)18(15)27-3)9-22-17(23)10-28-19(24)13-5-4-12(20)8-14(13)21/h4-8H,9-10H2,1-3H3,(H,22,23). The predicted molar refractivity (Wildman–Crippen MR) is 94.6 cm³/mol. The van der Waals surface area contributed by atoms with E-state index in [1.54, 1.807) is 12.1 Å². The van der Waals surface area contributed by atoms with E-state index >= 15 is 0 Å². The lowest BCUT2D eigenvalue weighted by Gasteiger charge is -2.14. The molecule has 0 aliphatic carbocycles. The van der Waals surface area contributed by atoms with E-state index in [1.165, 1.54) is 21.3 Å². The van der Waals surface area contributed by atoms with Crippen LogP contribution in [0.15, 0.2) is 30.3 Å². The number of nitrogens with one attached hydrogen (secondary N) is 1. The number of esters is 1. The number of halogens is 2. The molecular formula is C19H19F2NO6. The Hall–Kier alpha value is -3.36. The van der Waals surface area contributed by atoms with Crippen molar-refractivity contribution in [3.8, 4) is 17.2 Å². The van der Waals surface area contributed by atoms with Gasteiger partial charge in [0.25, 0.3) is 5.91 Å². The molecule has 2 aromatic rings. The minimum Gasteiger partial charge on any atom is -0.493 e. The summed E-state index contributed by atoms with van der Waals surface area (Å²) in [5.41, 5.74) is 0.192. The average Bonchev–Trinajstić information content (AvgIpc) is 2.69. The summed E-state index contributed by atoms with van der Waals surface area (Å²) in [5.74, 6) is -2.31. The molecule has 0 radical (unpaired) electrons. The van der Waals surface area contributed by atoms with Crippen molar-refractivity contribution in [2.75, 3.05) is 27.9 Å². The van der Waals surface area contributed by atoms with E-state index < -0.39 is 35.7 Å². The van der Waals surface area contributed by atoms with Gasteiger partial charge in [-0.25, -0.2) is 13.6 Å². The average molecular weight is 395 g/mol. The lowest BCUT2D eigenvalue weighted by atomic mass is 10.1. The Balaban J connectivity index is 1.94. The number of benzene rings is 2. The third kappa shape index (κ3) is 5.09. The van der Waals surface area contributed by atoms with Crippen LogP contribution in [0.25, 0.3) is 0 Å². The van der Waals surface area contributed by atoms with Crippen LogP contribution < -0.4 is 19.5 Å². The molecule has 7 nitrogen and oxygen atoms in total. The van der Waals surface area contributed by atoms with Crippen molar-refractivity contribution in [2.24, 2.45) is 0 Å². The van der Waals surface area contributed by atoms with Crippen molar-refractivity contribution in [3.05, 3.63) is 53.1 Å². The van der Waals surface area contributed by atoms with E-state index in [0.717, 1.165) is 12.1 Å². The lowest BCUT2D eigenvalue weighted by Crippen LogP contribution is -2.28. The minimum absolute atomic E-state index is 0.0952. The van der Waals surface area contributed by atoms with Gasteiger partial charge >= 0.3 is 5.97 Å². The molecule has 2 rings (SSSR count). The van der Waals surface area contributed by atoms with Crippen molar-refractivity contribution >= 4 is 11.9 Å². The molecule has 0 aliphatic heterocycles. The second kappa shape index (κ2) is 9.54. The summed E-state index contributed by atoms with van der Waals surface area (Å²) < 4.78 is 46.8. The number of carbonyl (C=O) groups is 2. The highest BCUT2D eigenvalue weighted by Crippen LogP contribution is 2.38. The van der Waals surface area contributed by atoms with Crippen molar-refractivity contribution in [1.29, 1.82) is 0 Å². The topological polar surface area (TPSA) is 83.1 Å². The molecule has 2 aromatic carbocycles.